The Bertz CT molecular complexity index is 706. The van der Waals surface area contributed by atoms with Crippen molar-refractivity contribution in [1.82, 2.24) is 10.3 Å². The highest BCUT2D eigenvalue weighted by Crippen LogP contribution is 2.19. The van der Waals surface area contributed by atoms with Crippen molar-refractivity contribution in [3.8, 4) is 11.1 Å². The minimum Gasteiger partial charge on any atom is -0.346 e. The van der Waals surface area contributed by atoms with Gasteiger partial charge in [-0.05, 0) is 23.3 Å². The molecule has 3 aromatic rings. The summed E-state index contributed by atoms with van der Waals surface area (Å²) >= 11 is 1.52. The van der Waals surface area contributed by atoms with Gasteiger partial charge >= 0.3 is 0 Å². The Balaban J connectivity index is 1.67. The Morgan fingerprint density at radius 3 is 2.38 bits per heavy atom. The molecule has 3 rings (SSSR count). The molecule has 4 heteroatoms. The van der Waals surface area contributed by atoms with Crippen LogP contribution < -0.4 is 5.32 Å². The molecule has 0 saturated heterocycles. The summed E-state index contributed by atoms with van der Waals surface area (Å²) in [6.45, 7) is 0.461. The SMILES string of the molecule is O=C(NCc1cscn1)c1ccc(-c2ccccc2)cc1. The van der Waals surface area contributed by atoms with Crippen LogP contribution in [0, 0.1) is 0 Å². The third kappa shape index (κ3) is 3.35. The highest BCUT2D eigenvalue weighted by atomic mass is 32.1. The van der Waals surface area contributed by atoms with Crippen LogP contribution in [-0.2, 0) is 6.54 Å². The van der Waals surface area contributed by atoms with Gasteiger partial charge in [0.1, 0.15) is 0 Å². The van der Waals surface area contributed by atoms with Gasteiger partial charge in [0.25, 0.3) is 5.91 Å². The molecule has 3 nitrogen and oxygen atoms in total. The number of aromatic nitrogens is 1. The van der Waals surface area contributed by atoms with E-state index in [2.05, 4.69) is 22.4 Å². The van der Waals surface area contributed by atoms with Crippen molar-refractivity contribution in [3.63, 3.8) is 0 Å². The number of carbonyl (C=O) groups excluding carboxylic acids is 1. The van der Waals surface area contributed by atoms with Crippen LogP contribution in [0.4, 0.5) is 0 Å². The zero-order chi connectivity index (χ0) is 14.5. The summed E-state index contributed by atoms with van der Waals surface area (Å²) in [7, 11) is 0. The fourth-order valence-electron chi connectivity index (χ4n) is 2.04. The van der Waals surface area contributed by atoms with Crippen LogP contribution in [0.15, 0.2) is 65.5 Å². The summed E-state index contributed by atoms with van der Waals surface area (Å²) in [6, 6.07) is 17.7. The van der Waals surface area contributed by atoms with E-state index in [0.717, 1.165) is 16.8 Å². The highest BCUT2D eigenvalue weighted by Gasteiger charge is 2.06. The normalized spacial score (nSPS) is 10.3. The number of rotatable bonds is 4. The van der Waals surface area contributed by atoms with Crippen LogP contribution in [0.3, 0.4) is 0 Å². The quantitative estimate of drug-likeness (QED) is 0.796. The van der Waals surface area contributed by atoms with Crippen molar-refractivity contribution in [2.45, 2.75) is 6.54 Å². The fourth-order valence-corrected chi connectivity index (χ4v) is 2.60. The van der Waals surface area contributed by atoms with E-state index < -0.39 is 0 Å². The van der Waals surface area contributed by atoms with Gasteiger partial charge in [0.2, 0.25) is 0 Å². The van der Waals surface area contributed by atoms with E-state index in [9.17, 15) is 4.79 Å². The number of amides is 1. The predicted octanol–water partition coefficient (Wildman–Crippen LogP) is 3.74. The summed E-state index contributed by atoms with van der Waals surface area (Å²) in [5, 5.41) is 4.80. The molecule has 0 aliphatic heterocycles. The molecule has 2 aromatic carbocycles. The maximum absolute atomic E-state index is 12.1. The molecule has 21 heavy (non-hydrogen) atoms. The van der Waals surface area contributed by atoms with Gasteiger partial charge in [-0.3, -0.25) is 4.79 Å². The van der Waals surface area contributed by atoms with Gasteiger partial charge in [0.05, 0.1) is 17.7 Å². The van der Waals surface area contributed by atoms with E-state index >= 15 is 0 Å². The molecular formula is C17H14N2OS. The van der Waals surface area contributed by atoms with E-state index in [0.29, 0.717) is 12.1 Å². The van der Waals surface area contributed by atoms with Gasteiger partial charge in [0.15, 0.2) is 0 Å². The molecule has 0 fully saturated rings. The second kappa shape index (κ2) is 6.33. The van der Waals surface area contributed by atoms with Gasteiger partial charge in [-0.1, -0.05) is 42.5 Å². The number of hydrogen-bond donors (Lipinski definition) is 1. The van der Waals surface area contributed by atoms with Crippen molar-refractivity contribution in [2.75, 3.05) is 0 Å². The summed E-state index contributed by atoms with van der Waals surface area (Å²) in [4.78, 5) is 16.2. The van der Waals surface area contributed by atoms with Gasteiger partial charge in [-0.2, -0.15) is 0 Å². The Hall–Kier alpha value is -2.46. The molecule has 0 aliphatic carbocycles. The van der Waals surface area contributed by atoms with Crippen molar-refractivity contribution in [1.29, 1.82) is 0 Å². The molecule has 0 saturated carbocycles. The zero-order valence-electron chi connectivity index (χ0n) is 11.3. The maximum Gasteiger partial charge on any atom is 0.251 e. The second-order valence-electron chi connectivity index (χ2n) is 4.61. The van der Waals surface area contributed by atoms with Gasteiger partial charge < -0.3 is 5.32 Å². The molecule has 1 N–H and O–H groups in total. The second-order valence-corrected chi connectivity index (χ2v) is 5.32. The topological polar surface area (TPSA) is 42.0 Å². The largest absolute Gasteiger partial charge is 0.346 e. The van der Waals surface area contributed by atoms with Crippen LogP contribution in [0.1, 0.15) is 16.1 Å². The molecule has 0 spiro atoms. The first-order chi connectivity index (χ1) is 10.3. The molecule has 0 aliphatic rings. The number of nitrogens with one attached hydrogen (secondary N) is 1. The van der Waals surface area contributed by atoms with Crippen LogP contribution >= 0.6 is 11.3 Å². The Morgan fingerprint density at radius 2 is 1.71 bits per heavy atom. The summed E-state index contributed by atoms with van der Waals surface area (Å²) in [6.07, 6.45) is 0. The average Bonchev–Trinajstić information content (AvgIpc) is 3.07. The zero-order valence-corrected chi connectivity index (χ0v) is 12.1. The minimum absolute atomic E-state index is 0.0809. The number of nitrogens with zero attached hydrogens (tertiary/aromatic N) is 1. The molecule has 1 heterocycles. The van der Waals surface area contributed by atoms with E-state index in [4.69, 9.17) is 0 Å². The molecule has 0 radical (unpaired) electrons. The summed E-state index contributed by atoms with van der Waals surface area (Å²) < 4.78 is 0. The standard InChI is InChI=1S/C17H14N2OS/c20-17(18-10-16-11-21-12-19-16)15-8-6-14(7-9-15)13-4-2-1-3-5-13/h1-9,11-12H,10H2,(H,18,20). The van der Waals surface area contributed by atoms with Crippen LogP contribution in [-0.4, -0.2) is 10.9 Å². The van der Waals surface area contributed by atoms with Gasteiger partial charge in [-0.25, -0.2) is 4.98 Å². The third-order valence-electron chi connectivity index (χ3n) is 3.17. The average molecular weight is 294 g/mol. The van der Waals surface area contributed by atoms with Crippen LogP contribution in [0.25, 0.3) is 11.1 Å². The monoisotopic (exact) mass is 294 g/mol. The van der Waals surface area contributed by atoms with E-state index in [-0.39, 0.29) is 5.91 Å². The molecule has 0 atom stereocenters. The fraction of sp³-hybridized carbons (Fsp3) is 0.0588. The van der Waals surface area contributed by atoms with Crippen molar-refractivity contribution in [3.05, 3.63) is 76.7 Å². The number of carbonyl (C=O) groups is 1. The lowest BCUT2D eigenvalue weighted by Crippen LogP contribution is -2.22. The molecule has 104 valence electrons. The van der Waals surface area contributed by atoms with Crippen molar-refractivity contribution >= 4 is 17.2 Å². The Labute approximate surface area is 127 Å². The Kier molecular flexibility index (Phi) is 4.07. The summed E-state index contributed by atoms with van der Waals surface area (Å²) in [5.74, 6) is -0.0809. The first-order valence-electron chi connectivity index (χ1n) is 6.64. The minimum atomic E-state index is -0.0809. The van der Waals surface area contributed by atoms with E-state index in [1.165, 1.54) is 11.3 Å². The number of hydrogen-bond acceptors (Lipinski definition) is 3. The van der Waals surface area contributed by atoms with Crippen LogP contribution in [0.5, 0.6) is 0 Å². The van der Waals surface area contributed by atoms with Crippen molar-refractivity contribution in [2.24, 2.45) is 0 Å². The maximum atomic E-state index is 12.1. The molecular weight excluding hydrogens is 280 g/mol. The van der Waals surface area contributed by atoms with Gasteiger partial charge in [-0.15, -0.1) is 11.3 Å². The smallest absolute Gasteiger partial charge is 0.251 e. The molecule has 1 amide bonds. The lowest BCUT2D eigenvalue weighted by molar-refractivity contribution is 0.0950. The van der Waals surface area contributed by atoms with Crippen LogP contribution in [0.2, 0.25) is 0 Å². The molecule has 1 aromatic heterocycles. The first kappa shape index (κ1) is 13.5. The number of benzene rings is 2. The predicted molar refractivity (Wildman–Crippen MR) is 85.2 cm³/mol. The molecule has 0 bridgehead atoms. The Morgan fingerprint density at radius 1 is 1.00 bits per heavy atom. The lowest BCUT2D eigenvalue weighted by atomic mass is 10.0. The summed E-state index contributed by atoms with van der Waals surface area (Å²) in [5.41, 5.74) is 5.55. The van der Waals surface area contributed by atoms with E-state index in [1.54, 1.807) is 5.51 Å². The molecule has 0 unspecified atom stereocenters. The third-order valence-corrected chi connectivity index (χ3v) is 3.80. The first-order valence-corrected chi connectivity index (χ1v) is 7.58. The lowest BCUT2D eigenvalue weighted by Gasteiger charge is -2.05. The number of thiazole rings is 1. The van der Waals surface area contributed by atoms with Gasteiger partial charge in [0, 0.05) is 10.9 Å². The van der Waals surface area contributed by atoms with E-state index in [1.807, 2.05) is 47.8 Å². The highest BCUT2D eigenvalue weighted by molar-refractivity contribution is 7.07. The van der Waals surface area contributed by atoms with Crippen molar-refractivity contribution < 1.29 is 4.79 Å².